The molecule has 15 heavy (non-hydrogen) atoms. The molecule has 0 unspecified atom stereocenters. The Kier molecular flexibility index (Phi) is 5.65. The molecule has 3 nitrogen and oxygen atoms in total. The predicted octanol–water partition coefficient (Wildman–Crippen LogP) is 1.99. The van der Waals surface area contributed by atoms with Gasteiger partial charge in [0.25, 0.3) is 0 Å². The number of pyridine rings is 1. The Morgan fingerprint density at radius 2 is 2.07 bits per heavy atom. The van der Waals surface area contributed by atoms with Gasteiger partial charge >= 0.3 is 0 Å². The van der Waals surface area contributed by atoms with Crippen LogP contribution in [0.4, 0.5) is 0 Å². The molecule has 5 heteroatoms. The Labute approximate surface area is 102 Å². The lowest BCUT2D eigenvalue weighted by molar-refractivity contribution is 0.936. The lowest BCUT2D eigenvalue weighted by atomic mass is 10.3. The molecule has 0 aliphatic rings. The summed E-state index contributed by atoms with van der Waals surface area (Å²) in [7, 11) is 0. The van der Waals surface area contributed by atoms with Crippen LogP contribution in [0.15, 0.2) is 24.4 Å². The topological polar surface area (TPSA) is 43.3 Å². The maximum atomic E-state index is 5.47. The monoisotopic (exact) mass is 247 g/mol. The number of nitrogens with two attached hydrogens (primary N) is 1. The number of fused-ring (bicyclic) bond motifs is 1. The molecule has 0 aliphatic heterocycles. The quantitative estimate of drug-likeness (QED) is 0.883. The number of aryl methyl sites for hydroxylation is 1. The fourth-order valence-electron chi connectivity index (χ4n) is 1.47. The first-order valence-electron chi connectivity index (χ1n) is 4.45. The van der Waals surface area contributed by atoms with Crippen molar-refractivity contribution < 1.29 is 0 Å². The van der Waals surface area contributed by atoms with Crippen LogP contribution in [-0.4, -0.2) is 15.9 Å². The van der Waals surface area contributed by atoms with Gasteiger partial charge in [-0.1, -0.05) is 6.07 Å². The van der Waals surface area contributed by atoms with Gasteiger partial charge in [0.1, 0.15) is 5.65 Å². The van der Waals surface area contributed by atoms with E-state index in [2.05, 4.69) is 28.6 Å². The molecule has 0 amide bonds. The van der Waals surface area contributed by atoms with Gasteiger partial charge in [-0.15, -0.1) is 24.8 Å². The first-order chi connectivity index (χ1) is 6.31. The van der Waals surface area contributed by atoms with E-state index < -0.39 is 0 Å². The molecule has 0 atom stereocenters. The molecule has 2 aromatic heterocycles. The van der Waals surface area contributed by atoms with Crippen molar-refractivity contribution in [2.75, 3.05) is 6.54 Å². The predicted molar refractivity (Wildman–Crippen MR) is 67.2 cm³/mol. The molecule has 0 bridgehead atoms. The molecule has 0 saturated carbocycles. The van der Waals surface area contributed by atoms with Crippen LogP contribution in [0.3, 0.4) is 0 Å². The Morgan fingerprint density at radius 1 is 1.33 bits per heavy atom. The summed E-state index contributed by atoms with van der Waals surface area (Å²) >= 11 is 0. The molecular weight excluding hydrogens is 233 g/mol. The highest BCUT2D eigenvalue weighted by molar-refractivity contribution is 5.85. The van der Waals surface area contributed by atoms with Gasteiger partial charge in [-0.2, -0.15) is 0 Å². The van der Waals surface area contributed by atoms with Crippen LogP contribution in [0, 0.1) is 6.92 Å². The molecule has 0 fully saturated rings. The third-order valence-electron chi connectivity index (χ3n) is 2.15. The van der Waals surface area contributed by atoms with Crippen LogP contribution >= 0.6 is 24.8 Å². The zero-order valence-electron chi connectivity index (χ0n) is 8.51. The van der Waals surface area contributed by atoms with Gasteiger partial charge in [-0.25, -0.2) is 4.98 Å². The molecule has 0 saturated heterocycles. The van der Waals surface area contributed by atoms with Crippen molar-refractivity contribution in [3.63, 3.8) is 0 Å². The highest BCUT2D eigenvalue weighted by Gasteiger charge is 2.00. The average molecular weight is 248 g/mol. The van der Waals surface area contributed by atoms with E-state index >= 15 is 0 Å². The lowest BCUT2D eigenvalue weighted by Gasteiger charge is -1.95. The van der Waals surface area contributed by atoms with Crippen molar-refractivity contribution >= 4 is 30.5 Å². The standard InChI is InChI=1S/C10H13N3.2ClH/c1-8-3-2-4-10-12-9(5-6-11)7-13(8)10;;/h2-4,7H,5-6,11H2,1H3;2*1H. The fourth-order valence-corrected chi connectivity index (χ4v) is 1.47. The van der Waals surface area contributed by atoms with Crippen LogP contribution in [0.1, 0.15) is 11.4 Å². The number of rotatable bonds is 2. The maximum Gasteiger partial charge on any atom is 0.137 e. The second-order valence-corrected chi connectivity index (χ2v) is 3.17. The Bertz CT molecular complexity index is 426. The third-order valence-corrected chi connectivity index (χ3v) is 2.15. The van der Waals surface area contributed by atoms with Gasteiger partial charge in [0.15, 0.2) is 0 Å². The van der Waals surface area contributed by atoms with Gasteiger partial charge < -0.3 is 10.1 Å². The second kappa shape index (κ2) is 5.95. The Hall–Kier alpha value is -0.770. The molecule has 2 aromatic rings. The minimum atomic E-state index is 0. The van der Waals surface area contributed by atoms with E-state index in [1.165, 1.54) is 5.69 Å². The van der Waals surface area contributed by atoms with Crippen LogP contribution < -0.4 is 5.73 Å². The summed E-state index contributed by atoms with van der Waals surface area (Å²) in [5.74, 6) is 0. The number of imidazole rings is 1. The highest BCUT2D eigenvalue weighted by atomic mass is 35.5. The number of halogens is 2. The van der Waals surface area contributed by atoms with Crippen molar-refractivity contribution in [1.82, 2.24) is 9.38 Å². The van der Waals surface area contributed by atoms with Gasteiger partial charge in [0.2, 0.25) is 0 Å². The number of hydrogen-bond acceptors (Lipinski definition) is 2. The van der Waals surface area contributed by atoms with Crippen molar-refractivity contribution in [3.8, 4) is 0 Å². The molecule has 0 aliphatic carbocycles. The lowest BCUT2D eigenvalue weighted by Crippen LogP contribution is -2.02. The van der Waals surface area contributed by atoms with Crippen LogP contribution in [0.2, 0.25) is 0 Å². The Morgan fingerprint density at radius 3 is 2.67 bits per heavy atom. The Balaban J connectivity index is 0.000000980. The minimum Gasteiger partial charge on any atom is -0.330 e. The van der Waals surface area contributed by atoms with E-state index in [1.807, 2.05) is 12.1 Å². The largest absolute Gasteiger partial charge is 0.330 e. The van der Waals surface area contributed by atoms with Crippen molar-refractivity contribution in [2.45, 2.75) is 13.3 Å². The molecule has 2 heterocycles. The normalized spacial score (nSPS) is 9.47. The third kappa shape index (κ3) is 2.84. The van der Waals surface area contributed by atoms with Crippen molar-refractivity contribution in [1.29, 1.82) is 0 Å². The van der Waals surface area contributed by atoms with Crippen LogP contribution in [0.25, 0.3) is 5.65 Å². The van der Waals surface area contributed by atoms with Gasteiger partial charge in [0, 0.05) is 18.3 Å². The van der Waals surface area contributed by atoms with E-state index in [9.17, 15) is 0 Å². The first kappa shape index (κ1) is 14.2. The summed E-state index contributed by atoms with van der Waals surface area (Å²) in [5, 5.41) is 0. The van der Waals surface area contributed by atoms with E-state index in [-0.39, 0.29) is 24.8 Å². The molecule has 0 radical (unpaired) electrons. The molecular formula is C10H15Cl2N3. The average Bonchev–Trinajstić information content (AvgIpc) is 2.49. The molecule has 2 N–H and O–H groups in total. The van der Waals surface area contributed by atoms with Crippen LogP contribution in [0.5, 0.6) is 0 Å². The SMILES string of the molecule is Cc1cccc2nc(CCN)cn12.Cl.Cl. The summed E-state index contributed by atoms with van der Waals surface area (Å²) in [5.41, 5.74) is 8.74. The molecule has 0 spiro atoms. The van der Waals surface area contributed by atoms with E-state index in [1.54, 1.807) is 0 Å². The van der Waals surface area contributed by atoms with Crippen LogP contribution in [-0.2, 0) is 6.42 Å². The molecule has 2 rings (SSSR count). The highest BCUT2D eigenvalue weighted by Crippen LogP contribution is 2.08. The second-order valence-electron chi connectivity index (χ2n) is 3.17. The smallest absolute Gasteiger partial charge is 0.137 e. The number of aromatic nitrogens is 2. The zero-order valence-corrected chi connectivity index (χ0v) is 10.1. The summed E-state index contributed by atoms with van der Waals surface area (Å²) < 4.78 is 2.09. The molecule has 0 aromatic carbocycles. The molecule has 84 valence electrons. The van der Waals surface area contributed by atoms with Crippen molar-refractivity contribution in [3.05, 3.63) is 35.8 Å². The van der Waals surface area contributed by atoms with E-state index in [4.69, 9.17) is 5.73 Å². The van der Waals surface area contributed by atoms with Crippen molar-refractivity contribution in [2.24, 2.45) is 5.73 Å². The minimum absolute atomic E-state index is 0. The first-order valence-corrected chi connectivity index (χ1v) is 4.45. The summed E-state index contributed by atoms with van der Waals surface area (Å²) in [6.07, 6.45) is 2.90. The van der Waals surface area contributed by atoms with E-state index in [0.717, 1.165) is 17.8 Å². The zero-order chi connectivity index (χ0) is 9.26. The fraction of sp³-hybridized carbons (Fsp3) is 0.300. The number of nitrogens with zero attached hydrogens (tertiary/aromatic N) is 2. The summed E-state index contributed by atoms with van der Waals surface area (Å²) in [6.45, 7) is 2.73. The van der Waals surface area contributed by atoms with Gasteiger partial charge in [-0.05, 0) is 25.6 Å². The summed E-state index contributed by atoms with van der Waals surface area (Å²) in [6, 6.07) is 6.10. The summed E-state index contributed by atoms with van der Waals surface area (Å²) in [4.78, 5) is 4.45. The van der Waals surface area contributed by atoms with Gasteiger partial charge in [0.05, 0.1) is 5.69 Å². The maximum absolute atomic E-state index is 5.47. The van der Waals surface area contributed by atoms with E-state index in [0.29, 0.717) is 6.54 Å². The number of hydrogen-bond donors (Lipinski definition) is 1. The van der Waals surface area contributed by atoms with Gasteiger partial charge in [-0.3, -0.25) is 0 Å².